The average molecular weight is 233 g/mol. The van der Waals surface area contributed by atoms with Crippen molar-refractivity contribution < 1.29 is 0 Å². The lowest BCUT2D eigenvalue weighted by Gasteiger charge is -2.13. The Labute approximate surface area is 100 Å². The highest BCUT2D eigenvalue weighted by Crippen LogP contribution is 2.32. The Morgan fingerprint density at radius 1 is 1.38 bits per heavy atom. The number of hydrogen-bond acceptors (Lipinski definition) is 2. The van der Waals surface area contributed by atoms with Gasteiger partial charge < -0.3 is 5.32 Å². The number of fused-ring (bicyclic) bond motifs is 2. The summed E-state index contributed by atoms with van der Waals surface area (Å²) in [7, 11) is 0. The zero-order valence-electron chi connectivity index (χ0n) is 8.91. The van der Waals surface area contributed by atoms with Gasteiger partial charge in [0.1, 0.15) is 5.15 Å². The first-order chi connectivity index (χ1) is 7.81. The zero-order chi connectivity index (χ0) is 11.0. The molecule has 0 aliphatic carbocycles. The van der Waals surface area contributed by atoms with Gasteiger partial charge in [0.2, 0.25) is 0 Å². The van der Waals surface area contributed by atoms with Gasteiger partial charge in [0, 0.05) is 29.8 Å². The summed E-state index contributed by atoms with van der Waals surface area (Å²) in [5, 5.41) is 4.10. The molecule has 0 saturated carbocycles. The standard InChI is InChI=1S/C13H13ClN2/c14-13-6-2-9(8-15-13)1-3-10-7-11-4-5-12(10)16-11/h2,6,8,10-12,16H,4-5,7H2. The van der Waals surface area contributed by atoms with Crippen molar-refractivity contribution in [1.82, 2.24) is 10.3 Å². The van der Waals surface area contributed by atoms with Crippen LogP contribution in [-0.4, -0.2) is 17.1 Å². The van der Waals surface area contributed by atoms with E-state index < -0.39 is 0 Å². The molecule has 2 aliphatic rings. The van der Waals surface area contributed by atoms with E-state index in [-0.39, 0.29) is 0 Å². The highest BCUT2D eigenvalue weighted by Gasteiger charge is 2.37. The molecule has 2 aliphatic heterocycles. The fraction of sp³-hybridized carbons (Fsp3) is 0.462. The van der Waals surface area contributed by atoms with Crippen LogP contribution in [0.15, 0.2) is 18.3 Å². The van der Waals surface area contributed by atoms with Crippen molar-refractivity contribution in [3.8, 4) is 11.8 Å². The van der Waals surface area contributed by atoms with Gasteiger partial charge in [0.25, 0.3) is 0 Å². The molecule has 0 radical (unpaired) electrons. The quantitative estimate of drug-likeness (QED) is 0.548. The lowest BCUT2D eigenvalue weighted by molar-refractivity contribution is 0.493. The summed E-state index contributed by atoms with van der Waals surface area (Å²) in [6.07, 6.45) is 5.54. The summed E-state index contributed by atoms with van der Waals surface area (Å²) in [6.45, 7) is 0. The van der Waals surface area contributed by atoms with Crippen molar-refractivity contribution in [1.29, 1.82) is 0 Å². The molecule has 2 bridgehead atoms. The number of pyridine rings is 1. The lowest BCUT2D eigenvalue weighted by atomic mass is 9.89. The van der Waals surface area contributed by atoms with Crippen molar-refractivity contribution in [3.05, 3.63) is 29.0 Å². The molecule has 2 fully saturated rings. The summed E-state index contributed by atoms with van der Waals surface area (Å²) < 4.78 is 0. The largest absolute Gasteiger partial charge is 0.310 e. The van der Waals surface area contributed by atoms with Crippen LogP contribution in [0, 0.1) is 17.8 Å². The second-order valence-electron chi connectivity index (χ2n) is 4.53. The Balaban J connectivity index is 1.73. The fourth-order valence-electron chi connectivity index (χ4n) is 2.61. The van der Waals surface area contributed by atoms with Crippen LogP contribution in [0.2, 0.25) is 5.15 Å². The number of aromatic nitrogens is 1. The van der Waals surface area contributed by atoms with Gasteiger partial charge in [-0.2, -0.15) is 0 Å². The third kappa shape index (κ3) is 1.93. The minimum Gasteiger partial charge on any atom is -0.310 e. The molecule has 0 spiro atoms. The molecular weight excluding hydrogens is 220 g/mol. The Hall–Kier alpha value is -1.04. The second kappa shape index (κ2) is 4.08. The summed E-state index contributed by atoms with van der Waals surface area (Å²) >= 11 is 5.72. The third-order valence-corrected chi connectivity index (χ3v) is 3.65. The van der Waals surface area contributed by atoms with Crippen molar-refractivity contribution >= 4 is 11.6 Å². The van der Waals surface area contributed by atoms with Gasteiger partial charge in [-0.05, 0) is 31.4 Å². The zero-order valence-corrected chi connectivity index (χ0v) is 9.67. The number of hydrogen-bond donors (Lipinski definition) is 1. The maximum absolute atomic E-state index is 5.72. The van der Waals surface area contributed by atoms with Crippen molar-refractivity contribution in [3.63, 3.8) is 0 Å². The smallest absolute Gasteiger partial charge is 0.129 e. The van der Waals surface area contributed by atoms with Gasteiger partial charge >= 0.3 is 0 Å². The van der Waals surface area contributed by atoms with Gasteiger partial charge in [-0.15, -0.1) is 0 Å². The molecule has 0 amide bonds. The normalized spacial score (nSPS) is 31.2. The minimum atomic E-state index is 0.520. The van der Waals surface area contributed by atoms with E-state index in [0.29, 0.717) is 23.2 Å². The fourth-order valence-corrected chi connectivity index (χ4v) is 2.72. The van der Waals surface area contributed by atoms with Gasteiger partial charge in [-0.3, -0.25) is 0 Å². The third-order valence-electron chi connectivity index (χ3n) is 3.43. The predicted octanol–water partition coefficient (Wildman–Crippen LogP) is 2.23. The van der Waals surface area contributed by atoms with E-state index in [4.69, 9.17) is 11.6 Å². The molecule has 2 saturated heterocycles. The molecule has 16 heavy (non-hydrogen) atoms. The number of halogens is 1. The first-order valence-corrected chi connectivity index (χ1v) is 6.08. The molecule has 2 nitrogen and oxygen atoms in total. The summed E-state index contributed by atoms with van der Waals surface area (Å²) in [5.74, 6) is 7.06. The SMILES string of the molecule is Clc1ccc(C#CC2CC3CCC2N3)cn1. The minimum absolute atomic E-state index is 0.520. The van der Waals surface area contributed by atoms with Gasteiger partial charge in [0.05, 0.1) is 0 Å². The molecule has 3 unspecified atom stereocenters. The van der Waals surface area contributed by atoms with Crippen LogP contribution in [0.3, 0.4) is 0 Å². The lowest BCUT2D eigenvalue weighted by Crippen LogP contribution is -2.21. The van der Waals surface area contributed by atoms with E-state index in [1.165, 1.54) is 19.3 Å². The van der Waals surface area contributed by atoms with Gasteiger partial charge in [-0.1, -0.05) is 23.4 Å². The molecule has 1 aromatic heterocycles. The molecule has 1 N–H and O–H groups in total. The van der Waals surface area contributed by atoms with E-state index in [9.17, 15) is 0 Å². The van der Waals surface area contributed by atoms with Crippen LogP contribution in [0.4, 0.5) is 0 Å². The van der Waals surface area contributed by atoms with Gasteiger partial charge in [0.15, 0.2) is 0 Å². The Bertz CT molecular complexity index is 443. The van der Waals surface area contributed by atoms with Crippen LogP contribution in [-0.2, 0) is 0 Å². The van der Waals surface area contributed by atoms with E-state index in [0.717, 1.165) is 5.56 Å². The van der Waals surface area contributed by atoms with Crippen LogP contribution < -0.4 is 5.32 Å². The molecule has 3 rings (SSSR count). The topological polar surface area (TPSA) is 24.9 Å². The number of rotatable bonds is 0. The summed E-state index contributed by atoms with van der Waals surface area (Å²) in [6, 6.07) is 5.04. The van der Waals surface area contributed by atoms with Crippen molar-refractivity contribution in [2.24, 2.45) is 5.92 Å². The van der Waals surface area contributed by atoms with Crippen LogP contribution >= 0.6 is 11.6 Å². The molecule has 0 aromatic carbocycles. The maximum Gasteiger partial charge on any atom is 0.129 e. The molecule has 3 heteroatoms. The summed E-state index contributed by atoms with van der Waals surface area (Å²) in [4.78, 5) is 4.02. The van der Waals surface area contributed by atoms with Crippen LogP contribution in [0.5, 0.6) is 0 Å². The summed E-state index contributed by atoms with van der Waals surface area (Å²) in [5.41, 5.74) is 0.951. The molecule has 1 aromatic rings. The molecule has 3 heterocycles. The average Bonchev–Trinajstić information content (AvgIpc) is 2.90. The van der Waals surface area contributed by atoms with E-state index >= 15 is 0 Å². The highest BCUT2D eigenvalue weighted by molar-refractivity contribution is 6.29. The Morgan fingerprint density at radius 3 is 2.94 bits per heavy atom. The Morgan fingerprint density at radius 2 is 2.31 bits per heavy atom. The second-order valence-corrected chi connectivity index (χ2v) is 4.92. The first-order valence-electron chi connectivity index (χ1n) is 5.70. The monoisotopic (exact) mass is 232 g/mol. The molecule has 3 atom stereocenters. The van der Waals surface area contributed by atoms with Crippen LogP contribution in [0.25, 0.3) is 0 Å². The van der Waals surface area contributed by atoms with Crippen LogP contribution in [0.1, 0.15) is 24.8 Å². The first kappa shape index (κ1) is 10.1. The predicted molar refractivity (Wildman–Crippen MR) is 64.2 cm³/mol. The van der Waals surface area contributed by atoms with E-state index in [1.54, 1.807) is 12.3 Å². The highest BCUT2D eigenvalue weighted by atomic mass is 35.5. The number of nitrogens with zero attached hydrogens (tertiary/aromatic N) is 1. The van der Waals surface area contributed by atoms with E-state index in [2.05, 4.69) is 22.1 Å². The molecule has 82 valence electrons. The number of nitrogens with one attached hydrogen (secondary N) is 1. The van der Waals surface area contributed by atoms with Crippen molar-refractivity contribution in [2.75, 3.05) is 0 Å². The van der Waals surface area contributed by atoms with E-state index in [1.807, 2.05) is 6.07 Å². The van der Waals surface area contributed by atoms with Gasteiger partial charge in [-0.25, -0.2) is 4.98 Å². The maximum atomic E-state index is 5.72. The molecular formula is C13H13ClN2. The van der Waals surface area contributed by atoms with Crippen molar-refractivity contribution in [2.45, 2.75) is 31.3 Å². The Kier molecular flexibility index (Phi) is 2.59.